The summed E-state index contributed by atoms with van der Waals surface area (Å²) in [5.74, 6) is 1.11. The van der Waals surface area contributed by atoms with E-state index in [4.69, 9.17) is 5.73 Å². The van der Waals surface area contributed by atoms with Crippen molar-refractivity contribution >= 4 is 17.5 Å². The fourth-order valence-corrected chi connectivity index (χ4v) is 2.94. The van der Waals surface area contributed by atoms with Crippen LogP contribution < -0.4 is 11.1 Å². The molecule has 1 atom stereocenters. The van der Waals surface area contributed by atoms with Gasteiger partial charge < -0.3 is 11.1 Å². The number of aromatic nitrogens is 3. The van der Waals surface area contributed by atoms with Gasteiger partial charge in [0.1, 0.15) is 11.5 Å². The van der Waals surface area contributed by atoms with Crippen LogP contribution in [0.15, 0.2) is 30.7 Å². The van der Waals surface area contributed by atoms with Crippen LogP contribution in [-0.2, 0) is 4.79 Å². The first-order valence-electron chi connectivity index (χ1n) is 7.67. The number of hydrogen-bond acceptors (Lipinski definition) is 6. The Morgan fingerprint density at radius 1 is 1.30 bits per heavy atom. The van der Waals surface area contributed by atoms with Gasteiger partial charge in [-0.3, -0.25) is 14.7 Å². The third-order valence-electron chi connectivity index (χ3n) is 4.01. The van der Waals surface area contributed by atoms with Gasteiger partial charge in [-0.25, -0.2) is 9.97 Å². The second-order valence-electron chi connectivity index (χ2n) is 5.68. The molecule has 7 nitrogen and oxygen atoms in total. The molecule has 0 aromatic carbocycles. The third-order valence-corrected chi connectivity index (χ3v) is 4.01. The fourth-order valence-electron chi connectivity index (χ4n) is 2.94. The smallest absolute Gasteiger partial charge is 0.231 e. The molecule has 23 heavy (non-hydrogen) atoms. The Hall–Kier alpha value is -2.54. The van der Waals surface area contributed by atoms with Crippen molar-refractivity contribution < 1.29 is 4.79 Å². The summed E-state index contributed by atoms with van der Waals surface area (Å²) < 4.78 is 0. The Balaban J connectivity index is 1.89. The minimum atomic E-state index is -0.323. The molecule has 1 fully saturated rings. The molecule has 3 N–H and O–H groups in total. The topological polar surface area (TPSA) is 97.0 Å². The first-order valence-corrected chi connectivity index (χ1v) is 7.67. The minimum Gasteiger partial charge on any atom is -0.369 e. The van der Waals surface area contributed by atoms with Crippen molar-refractivity contribution in [3.05, 3.63) is 42.0 Å². The zero-order chi connectivity index (χ0) is 16.2. The van der Waals surface area contributed by atoms with Crippen LogP contribution in [0.2, 0.25) is 0 Å². The molecule has 120 valence electrons. The van der Waals surface area contributed by atoms with Gasteiger partial charge in [-0.15, -0.1) is 0 Å². The normalized spacial score (nSPS) is 18.0. The van der Waals surface area contributed by atoms with Crippen LogP contribution in [0.3, 0.4) is 0 Å². The molecule has 1 amide bonds. The number of aryl methyl sites for hydroxylation is 1. The van der Waals surface area contributed by atoms with Crippen molar-refractivity contribution in [1.29, 1.82) is 0 Å². The van der Waals surface area contributed by atoms with E-state index in [0.29, 0.717) is 5.82 Å². The predicted octanol–water partition coefficient (Wildman–Crippen LogP) is 1.55. The molecule has 0 bridgehead atoms. The molecule has 0 radical (unpaired) electrons. The Morgan fingerprint density at radius 2 is 2.09 bits per heavy atom. The van der Waals surface area contributed by atoms with E-state index >= 15 is 0 Å². The SMILES string of the molecule is Cc1cccnc1Nc1nccnc1[C@H]1CCCN1CC(N)=O. The van der Waals surface area contributed by atoms with E-state index in [1.807, 2.05) is 19.1 Å². The second-order valence-corrected chi connectivity index (χ2v) is 5.68. The van der Waals surface area contributed by atoms with Crippen molar-refractivity contribution in [2.45, 2.75) is 25.8 Å². The van der Waals surface area contributed by atoms with E-state index in [1.165, 1.54) is 0 Å². The lowest BCUT2D eigenvalue weighted by atomic mass is 10.1. The van der Waals surface area contributed by atoms with Gasteiger partial charge in [0.05, 0.1) is 12.6 Å². The molecule has 1 aliphatic rings. The summed E-state index contributed by atoms with van der Waals surface area (Å²) in [5.41, 5.74) is 7.21. The Bertz CT molecular complexity index is 704. The molecule has 1 aliphatic heterocycles. The quantitative estimate of drug-likeness (QED) is 0.869. The van der Waals surface area contributed by atoms with Crippen molar-refractivity contribution in [3.8, 4) is 0 Å². The molecule has 2 aromatic rings. The first kappa shape index (κ1) is 15.4. The maximum Gasteiger partial charge on any atom is 0.231 e. The Kier molecular flexibility index (Phi) is 4.47. The maximum atomic E-state index is 11.3. The van der Waals surface area contributed by atoms with E-state index in [9.17, 15) is 4.79 Å². The summed E-state index contributed by atoms with van der Waals surface area (Å²) in [4.78, 5) is 26.6. The number of rotatable bonds is 5. The highest BCUT2D eigenvalue weighted by Crippen LogP contribution is 2.34. The fraction of sp³-hybridized carbons (Fsp3) is 0.375. The van der Waals surface area contributed by atoms with Gasteiger partial charge in [0.15, 0.2) is 5.82 Å². The molecule has 0 aliphatic carbocycles. The summed E-state index contributed by atoms with van der Waals surface area (Å²) >= 11 is 0. The van der Waals surface area contributed by atoms with Gasteiger partial charge >= 0.3 is 0 Å². The van der Waals surface area contributed by atoms with Gasteiger partial charge in [-0.2, -0.15) is 0 Å². The van der Waals surface area contributed by atoms with Crippen LogP contribution >= 0.6 is 0 Å². The lowest BCUT2D eigenvalue weighted by Gasteiger charge is -2.24. The standard InChI is InChI=1S/C16H20N6O/c1-11-4-2-6-19-15(11)21-16-14(18-7-8-20-16)12-5-3-9-22(12)10-13(17)23/h2,4,6-8,12H,3,5,9-10H2,1H3,(H2,17,23)(H,19,20,21)/t12-/m1/s1. The summed E-state index contributed by atoms with van der Waals surface area (Å²) in [5, 5.41) is 3.26. The summed E-state index contributed by atoms with van der Waals surface area (Å²) in [6.07, 6.45) is 7.00. The van der Waals surface area contributed by atoms with Crippen molar-refractivity contribution in [3.63, 3.8) is 0 Å². The van der Waals surface area contributed by atoms with Crippen LogP contribution in [-0.4, -0.2) is 38.8 Å². The van der Waals surface area contributed by atoms with Crippen LogP contribution in [0.4, 0.5) is 11.6 Å². The number of nitrogens with one attached hydrogen (secondary N) is 1. The van der Waals surface area contributed by atoms with Gasteiger partial charge in [0, 0.05) is 18.6 Å². The first-order chi connectivity index (χ1) is 11.1. The second kappa shape index (κ2) is 6.70. The van der Waals surface area contributed by atoms with E-state index in [-0.39, 0.29) is 18.5 Å². The van der Waals surface area contributed by atoms with Gasteiger partial charge in [-0.05, 0) is 37.9 Å². The van der Waals surface area contributed by atoms with Gasteiger partial charge in [-0.1, -0.05) is 6.07 Å². The summed E-state index contributed by atoms with van der Waals surface area (Å²) in [7, 11) is 0. The molecule has 2 aromatic heterocycles. The van der Waals surface area contributed by atoms with E-state index in [2.05, 4.69) is 25.2 Å². The molecule has 3 rings (SSSR count). The highest BCUT2D eigenvalue weighted by Gasteiger charge is 2.30. The number of carbonyl (C=O) groups excluding carboxylic acids is 1. The molecular formula is C16H20N6O. The molecular weight excluding hydrogens is 292 g/mol. The largest absolute Gasteiger partial charge is 0.369 e. The van der Waals surface area contributed by atoms with Gasteiger partial charge in [0.2, 0.25) is 5.91 Å². The van der Waals surface area contributed by atoms with E-state index < -0.39 is 0 Å². The molecule has 7 heteroatoms. The average molecular weight is 312 g/mol. The number of likely N-dealkylation sites (tertiary alicyclic amines) is 1. The molecule has 0 saturated carbocycles. The number of pyridine rings is 1. The number of carbonyl (C=O) groups is 1. The lowest BCUT2D eigenvalue weighted by Crippen LogP contribution is -2.34. The van der Waals surface area contributed by atoms with Gasteiger partial charge in [0.25, 0.3) is 0 Å². The molecule has 0 spiro atoms. The minimum absolute atomic E-state index is 0.0442. The molecule has 0 unspecified atom stereocenters. The highest BCUT2D eigenvalue weighted by atomic mass is 16.1. The third kappa shape index (κ3) is 3.45. The number of hydrogen-bond donors (Lipinski definition) is 2. The number of anilines is 2. The number of primary amides is 1. The zero-order valence-corrected chi connectivity index (χ0v) is 13.1. The molecule has 1 saturated heterocycles. The lowest BCUT2D eigenvalue weighted by molar-refractivity contribution is -0.119. The maximum absolute atomic E-state index is 11.3. The molecule has 3 heterocycles. The highest BCUT2D eigenvalue weighted by molar-refractivity contribution is 5.76. The number of nitrogens with zero attached hydrogens (tertiary/aromatic N) is 4. The van der Waals surface area contributed by atoms with Crippen molar-refractivity contribution in [2.24, 2.45) is 5.73 Å². The average Bonchev–Trinajstić information content (AvgIpc) is 2.97. The summed E-state index contributed by atoms with van der Waals surface area (Å²) in [6.45, 7) is 3.07. The number of nitrogens with two attached hydrogens (primary N) is 1. The predicted molar refractivity (Wildman–Crippen MR) is 87.0 cm³/mol. The Labute approximate surface area is 135 Å². The van der Waals surface area contributed by atoms with Crippen LogP contribution in [0.25, 0.3) is 0 Å². The summed E-state index contributed by atoms with van der Waals surface area (Å²) in [6, 6.07) is 3.92. The monoisotopic (exact) mass is 312 g/mol. The Morgan fingerprint density at radius 3 is 2.87 bits per heavy atom. The van der Waals surface area contributed by atoms with Crippen LogP contribution in [0.1, 0.15) is 30.1 Å². The van der Waals surface area contributed by atoms with Crippen LogP contribution in [0, 0.1) is 6.92 Å². The zero-order valence-electron chi connectivity index (χ0n) is 13.1. The van der Waals surface area contributed by atoms with Crippen molar-refractivity contribution in [1.82, 2.24) is 19.9 Å². The van der Waals surface area contributed by atoms with E-state index in [0.717, 1.165) is 36.5 Å². The van der Waals surface area contributed by atoms with E-state index in [1.54, 1.807) is 18.6 Å². The van der Waals surface area contributed by atoms with Crippen LogP contribution in [0.5, 0.6) is 0 Å². The van der Waals surface area contributed by atoms with Crippen molar-refractivity contribution in [2.75, 3.05) is 18.4 Å². The number of amides is 1.